The summed E-state index contributed by atoms with van der Waals surface area (Å²) in [6, 6.07) is 0. The van der Waals surface area contributed by atoms with Crippen molar-refractivity contribution in [2.75, 3.05) is 0 Å². The molecule has 23 heavy (non-hydrogen) atoms. The minimum Gasteiger partial charge on any atom is -0.393 e. The molecule has 0 aliphatic heterocycles. The van der Waals surface area contributed by atoms with Gasteiger partial charge in [0.15, 0.2) is 0 Å². The molecule has 0 spiro atoms. The van der Waals surface area contributed by atoms with Crippen molar-refractivity contribution in [2.45, 2.75) is 70.8 Å². The van der Waals surface area contributed by atoms with Gasteiger partial charge in [0.25, 0.3) is 0 Å². The third-order valence-electron chi connectivity index (χ3n) is 7.94. The number of carbonyl (C=O) groups is 1. The minimum atomic E-state index is -1.07. The van der Waals surface area contributed by atoms with Crippen molar-refractivity contribution in [3.63, 3.8) is 0 Å². The number of hydrogen-bond acceptors (Lipinski definition) is 3. The second-order valence-electron chi connectivity index (χ2n) is 8.68. The largest absolute Gasteiger partial charge is 0.393 e. The Morgan fingerprint density at radius 1 is 1.17 bits per heavy atom. The van der Waals surface area contributed by atoms with E-state index in [1.54, 1.807) is 0 Å². The SMILES string of the molecule is C[C@@]12C(=O)CC[C@H]1[C@@H]1CC=C3C[C@@H](O)C[C@H](F)[C@]3(C)[C@H]1C[C@@H]2O. The van der Waals surface area contributed by atoms with E-state index in [4.69, 9.17) is 0 Å². The topological polar surface area (TPSA) is 57.5 Å². The lowest BCUT2D eigenvalue weighted by Gasteiger charge is -2.58. The van der Waals surface area contributed by atoms with Crippen LogP contribution in [0.4, 0.5) is 4.39 Å². The maximum atomic E-state index is 15.0. The zero-order chi connectivity index (χ0) is 16.6. The van der Waals surface area contributed by atoms with E-state index < -0.39 is 29.2 Å². The minimum absolute atomic E-state index is 0.0731. The van der Waals surface area contributed by atoms with Crippen LogP contribution in [0.25, 0.3) is 0 Å². The number of rotatable bonds is 0. The van der Waals surface area contributed by atoms with Crippen molar-refractivity contribution in [3.8, 4) is 0 Å². The predicted octanol–water partition coefficient (Wildman–Crippen LogP) is 2.80. The molecule has 3 fully saturated rings. The quantitative estimate of drug-likeness (QED) is 0.674. The summed E-state index contributed by atoms with van der Waals surface area (Å²) >= 11 is 0. The molecule has 4 aliphatic rings. The van der Waals surface area contributed by atoms with Crippen LogP contribution in [0.15, 0.2) is 11.6 Å². The fourth-order valence-electron chi connectivity index (χ4n) is 6.41. The molecule has 0 aromatic rings. The van der Waals surface area contributed by atoms with Crippen LogP contribution < -0.4 is 0 Å². The molecule has 2 N–H and O–H groups in total. The average molecular weight is 322 g/mol. The van der Waals surface area contributed by atoms with Crippen LogP contribution in [-0.2, 0) is 4.79 Å². The lowest BCUT2D eigenvalue weighted by molar-refractivity contribution is -0.153. The fraction of sp³-hybridized carbons (Fsp3) is 0.842. The molecule has 0 radical (unpaired) electrons. The van der Waals surface area contributed by atoms with Crippen molar-refractivity contribution in [3.05, 3.63) is 11.6 Å². The molecule has 4 rings (SSSR count). The Bertz CT molecular complexity index is 573. The van der Waals surface area contributed by atoms with E-state index >= 15 is 4.39 Å². The van der Waals surface area contributed by atoms with E-state index in [0.717, 1.165) is 18.4 Å². The summed E-state index contributed by atoms with van der Waals surface area (Å²) in [5.74, 6) is 0.697. The molecule has 0 amide bonds. The number of carbonyl (C=O) groups excluding carboxylic acids is 1. The van der Waals surface area contributed by atoms with Crippen LogP contribution in [0.5, 0.6) is 0 Å². The maximum absolute atomic E-state index is 15.0. The summed E-state index contributed by atoms with van der Waals surface area (Å²) in [5, 5.41) is 20.7. The molecule has 0 heterocycles. The van der Waals surface area contributed by atoms with E-state index in [9.17, 15) is 15.0 Å². The van der Waals surface area contributed by atoms with Gasteiger partial charge in [0.2, 0.25) is 0 Å². The number of alkyl halides is 1. The van der Waals surface area contributed by atoms with Crippen LogP contribution in [0, 0.1) is 28.6 Å². The van der Waals surface area contributed by atoms with Gasteiger partial charge in [-0.1, -0.05) is 18.6 Å². The highest BCUT2D eigenvalue weighted by Gasteiger charge is 2.63. The van der Waals surface area contributed by atoms with Crippen molar-refractivity contribution in [1.29, 1.82) is 0 Å². The highest BCUT2D eigenvalue weighted by molar-refractivity contribution is 5.87. The van der Waals surface area contributed by atoms with Gasteiger partial charge in [-0.2, -0.15) is 0 Å². The normalized spacial score (nSPS) is 55.7. The van der Waals surface area contributed by atoms with Crippen LogP contribution in [0.3, 0.4) is 0 Å². The Morgan fingerprint density at radius 3 is 2.65 bits per heavy atom. The molecule has 0 aromatic carbocycles. The van der Waals surface area contributed by atoms with Crippen LogP contribution in [-0.4, -0.2) is 34.4 Å². The van der Waals surface area contributed by atoms with E-state index in [1.807, 2.05) is 13.8 Å². The van der Waals surface area contributed by atoms with Crippen LogP contribution in [0.2, 0.25) is 0 Å². The van der Waals surface area contributed by atoms with Gasteiger partial charge in [0.1, 0.15) is 12.0 Å². The van der Waals surface area contributed by atoms with Crippen LogP contribution >= 0.6 is 0 Å². The fourth-order valence-corrected chi connectivity index (χ4v) is 6.41. The molecule has 3 nitrogen and oxygen atoms in total. The van der Waals surface area contributed by atoms with Crippen molar-refractivity contribution < 1.29 is 19.4 Å². The summed E-state index contributed by atoms with van der Waals surface area (Å²) in [4.78, 5) is 12.4. The lowest BCUT2D eigenvalue weighted by Crippen LogP contribution is -2.58. The Balaban J connectivity index is 1.76. The summed E-state index contributed by atoms with van der Waals surface area (Å²) < 4.78 is 15.0. The first-order valence-electron chi connectivity index (χ1n) is 9.02. The van der Waals surface area contributed by atoms with Gasteiger partial charge in [0, 0.05) is 18.3 Å². The summed E-state index contributed by atoms with van der Waals surface area (Å²) in [6.45, 7) is 3.91. The zero-order valence-corrected chi connectivity index (χ0v) is 14.0. The van der Waals surface area contributed by atoms with E-state index in [0.29, 0.717) is 19.3 Å². The second-order valence-corrected chi connectivity index (χ2v) is 8.68. The van der Waals surface area contributed by atoms with E-state index in [1.165, 1.54) is 0 Å². The molecule has 4 heteroatoms. The van der Waals surface area contributed by atoms with Gasteiger partial charge >= 0.3 is 0 Å². The van der Waals surface area contributed by atoms with Crippen molar-refractivity contribution in [1.82, 2.24) is 0 Å². The predicted molar refractivity (Wildman–Crippen MR) is 84.4 cm³/mol. The smallest absolute Gasteiger partial charge is 0.141 e. The first-order valence-corrected chi connectivity index (χ1v) is 9.02. The van der Waals surface area contributed by atoms with Gasteiger partial charge in [-0.25, -0.2) is 4.39 Å². The number of fused-ring (bicyclic) bond motifs is 5. The van der Waals surface area contributed by atoms with Crippen LogP contribution in [0.1, 0.15) is 52.4 Å². The van der Waals surface area contributed by atoms with Gasteiger partial charge in [-0.3, -0.25) is 4.79 Å². The molecule has 0 saturated heterocycles. The summed E-state index contributed by atoms with van der Waals surface area (Å²) in [5.41, 5.74) is -0.191. The number of halogens is 1. The maximum Gasteiger partial charge on any atom is 0.141 e. The molecular formula is C19H27FO3. The zero-order valence-electron chi connectivity index (χ0n) is 14.0. The first-order chi connectivity index (χ1) is 10.8. The van der Waals surface area contributed by atoms with Crippen molar-refractivity contribution >= 4 is 5.78 Å². The number of Topliss-reactive ketones (excluding diaryl/α,β-unsaturated/α-hetero) is 1. The Labute approximate surface area is 137 Å². The van der Waals surface area contributed by atoms with E-state index in [-0.39, 0.29) is 30.0 Å². The number of hydrogen-bond donors (Lipinski definition) is 2. The molecular weight excluding hydrogens is 295 g/mol. The standard InChI is InChI=1S/C19H27FO3/c1-18-10(7-11(21)8-15(18)20)3-4-12-13-5-6-16(22)19(13,2)17(23)9-14(12)18/h3,11-15,17,21,23H,4-9H2,1-2H3/t11-,12+,13+,14+,15+,17+,18+,19+/m1/s1. The molecule has 8 atom stereocenters. The van der Waals surface area contributed by atoms with Crippen molar-refractivity contribution in [2.24, 2.45) is 28.6 Å². The highest BCUT2D eigenvalue weighted by Crippen LogP contribution is 2.64. The molecule has 0 aromatic heterocycles. The summed E-state index contributed by atoms with van der Waals surface area (Å²) in [6.07, 6.45) is 3.29. The van der Waals surface area contributed by atoms with Gasteiger partial charge in [-0.05, 0) is 50.4 Å². The van der Waals surface area contributed by atoms with E-state index in [2.05, 4.69) is 6.08 Å². The molecule has 128 valence electrons. The van der Waals surface area contributed by atoms with Gasteiger partial charge < -0.3 is 10.2 Å². The monoisotopic (exact) mass is 322 g/mol. The third kappa shape index (κ3) is 1.85. The Kier molecular flexibility index (Phi) is 3.35. The number of ketones is 1. The lowest BCUT2D eigenvalue weighted by atomic mass is 9.47. The molecule has 0 unspecified atom stereocenters. The summed E-state index contributed by atoms with van der Waals surface area (Å²) in [7, 11) is 0. The Hall–Kier alpha value is -0.740. The number of aliphatic hydroxyl groups is 2. The molecule has 3 saturated carbocycles. The highest BCUT2D eigenvalue weighted by atomic mass is 19.1. The first kappa shape index (κ1) is 15.8. The number of aliphatic hydroxyl groups excluding tert-OH is 2. The Morgan fingerprint density at radius 2 is 1.91 bits per heavy atom. The number of allylic oxidation sites excluding steroid dienone is 1. The second kappa shape index (κ2) is 4.89. The average Bonchev–Trinajstić information content (AvgIpc) is 2.80. The van der Waals surface area contributed by atoms with Gasteiger partial charge in [-0.15, -0.1) is 0 Å². The molecule has 0 bridgehead atoms. The molecule has 4 aliphatic carbocycles. The van der Waals surface area contributed by atoms with Gasteiger partial charge in [0.05, 0.1) is 17.6 Å². The third-order valence-corrected chi connectivity index (χ3v) is 7.94.